The monoisotopic (exact) mass is 411 g/mol. The number of nitrogens with two attached hydrogens (primary N) is 1. The Hall–Kier alpha value is -3.79. The molecule has 9 nitrogen and oxygen atoms in total. The van der Waals surface area contributed by atoms with E-state index < -0.39 is 11.8 Å². The molecule has 0 aliphatic heterocycles. The smallest absolute Gasteiger partial charge is 0.258 e. The lowest BCUT2D eigenvalue weighted by Gasteiger charge is -2.08. The van der Waals surface area contributed by atoms with E-state index in [1.165, 1.54) is 35.7 Å². The zero-order chi connectivity index (χ0) is 20.8. The fourth-order valence-corrected chi connectivity index (χ4v) is 3.20. The third-order valence-corrected chi connectivity index (χ3v) is 4.70. The van der Waals surface area contributed by atoms with Crippen LogP contribution in [0.3, 0.4) is 0 Å². The second-order valence-electron chi connectivity index (χ2n) is 6.00. The molecule has 0 unspecified atom stereocenters. The Bertz CT molecular complexity index is 1100. The molecular weight excluding hydrogens is 394 g/mol. The maximum absolute atomic E-state index is 12.2. The van der Waals surface area contributed by atoms with Gasteiger partial charge in [-0.3, -0.25) is 24.5 Å². The maximum atomic E-state index is 12.2. The molecule has 2 heterocycles. The maximum Gasteiger partial charge on any atom is 0.258 e. The van der Waals surface area contributed by atoms with E-state index in [4.69, 9.17) is 5.73 Å². The number of benzene rings is 1. The second kappa shape index (κ2) is 8.93. The number of rotatable bonds is 7. The molecule has 0 bridgehead atoms. The number of hydrogen-bond acceptors (Lipinski definition) is 6. The summed E-state index contributed by atoms with van der Waals surface area (Å²) in [7, 11) is 0. The number of carbonyl (C=O) groups is 3. The SMILES string of the molecule is NC(=O)c1ccccc1NC(=O)CCc1csc(NC(=O)c2ccc(=O)[nH]c2)n1. The third kappa shape index (κ3) is 5.36. The van der Waals surface area contributed by atoms with Crippen molar-refractivity contribution in [3.63, 3.8) is 0 Å². The molecule has 3 amide bonds. The van der Waals surface area contributed by atoms with E-state index in [0.717, 1.165) is 0 Å². The van der Waals surface area contributed by atoms with Gasteiger partial charge in [-0.15, -0.1) is 11.3 Å². The summed E-state index contributed by atoms with van der Waals surface area (Å²) in [5, 5.41) is 7.43. The molecule has 1 aromatic carbocycles. The predicted molar refractivity (Wildman–Crippen MR) is 109 cm³/mol. The van der Waals surface area contributed by atoms with Gasteiger partial charge in [-0.2, -0.15) is 0 Å². The van der Waals surface area contributed by atoms with Crippen molar-refractivity contribution in [1.82, 2.24) is 9.97 Å². The molecule has 29 heavy (non-hydrogen) atoms. The van der Waals surface area contributed by atoms with E-state index in [9.17, 15) is 19.2 Å². The van der Waals surface area contributed by atoms with Crippen LogP contribution in [-0.2, 0) is 11.2 Å². The van der Waals surface area contributed by atoms with Gasteiger partial charge in [0.2, 0.25) is 11.5 Å². The molecule has 0 saturated carbocycles. The lowest BCUT2D eigenvalue weighted by atomic mass is 10.1. The van der Waals surface area contributed by atoms with Gasteiger partial charge in [-0.05, 0) is 24.6 Å². The van der Waals surface area contributed by atoms with E-state index >= 15 is 0 Å². The highest BCUT2D eigenvalue weighted by atomic mass is 32.1. The number of pyridine rings is 1. The number of aromatic amines is 1. The van der Waals surface area contributed by atoms with E-state index in [-0.39, 0.29) is 23.5 Å². The Morgan fingerprint density at radius 2 is 1.90 bits per heavy atom. The summed E-state index contributed by atoms with van der Waals surface area (Å²) in [5.41, 5.74) is 6.54. The first-order chi connectivity index (χ1) is 13.9. The van der Waals surface area contributed by atoms with Gasteiger partial charge < -0.3 is 16.0 Å². The molecule has 5 N–H and O–H groups in total. The van der Waals surface area contributed by atoms with Gasteiger partial charge in [0.05, 0.1) is 22.5 Å². The quantitative estimate of drug-likeness (QED) is 0.468. The highest BCUT2D eigenvalue weighted by molar-refractivity contribution is 7.14. The number of aryl methyl sites for hydroxylation is 1. The first-order valence-corrected chi connectivity index (χ1v) is 9.43. The van der Waals surface area contributed by atoms with Gasteiger partial charge in [0.25, 0.3) is 11.8 Å². The van der Waals surface area contributed by atoms with E-state index in [1.54, 1.807) is 23.6 Å². The number of anilines is 2. The summed E-state index contributed by atoms with van der Waals surface area (Å²) >= 11 is 1.23. The Balaban J connectivity index is 1.54. The van der Waals surface area contributed by atoms with Crippen molar-refractivity contribution < 1.29 is 14.4 Å². The zero-order valence-electron chi connectivity index (χ0n) is 15.1. The van der Waals surface area contributed by atoms with Gasteiger partial charge in [0, 0.05) is 24.1 Å². The summed E-state index contributed by atoms with van der Waals surface area (Å²) in [6, 6.07) is 9.17. The van der Waals surface area contributed by atoms with E-state index in [1.807, 2.05) is 0 Å². The van der Waals surface area contributed by atoms with Crippen molar-refractivity contribution in [2.45, 2.75) is 12.8 Å². The van der Waals surface area contributed by atoms with E-state index in [0.29, 0.717) is 28.5 Å². The van der Waals surface area contributed by atoms with Gasteiger partial charge in [-0.1, -0.05) is 12.1 Å². The molecule has 10 heteroatoms. The van der Waals surface area contributed by atoms with Crippen LogP contribution < -0.4 is 21.9 Å². The summed E-state index contributed by atoms with van der Waals surface area (Å²) in [5.74, 6) is -1.31. The largest absolute Gasteiger partial charge is 0.366 e. The highest BCUT2D eigenvalue weighted by Gasteiger charge is 2.12. The molecule has 0 radical (unpaired) electrons. The molecule has 0 aliphatic rings. The molecular formula is C19H17N5O4S. The molecule has 2 aromatic heterocycles. The van der Waals surface area contributed by atoms with Crippen molar-refractivity contribution in [2.75, 3.05) is 10.6 Å². The molecule has 0 aliphatic carbocycles. The Morgan fingerprint density at radius 3 is 2.62 bits per heavy atom. The molecule has 0 saturated heterocycles. The molecule has 0 spiro atoms. The summed E-state index contributed by atoms with van der Waals surface area (Å²) in [6.07, 6.45) is 1.82. The van der Waals surface area contributed by atoms with Crippen LogP contribution in [0.5, 0.6) is 0 Å². The average molecular weight is 411 g/mol. The fourth-order valence-electron chi connectivity index (χ4n) is 2.46. The number of thiazole rings is 1. The van der Waals surface area contributed by atoms with Crippen LogP contribution in [0.2, 0.25) is 0 Å². The first-order valence-electron chi connectivity index (χ1n) is 8.55. The third-order valence-electron chi connectivity index (χ3n) is 3.89. The predicted octanol–water partition coefficient (Wildman–Crippen LogP) is 1.75. The van der Waals surface area contributed by atoms with Gasteiger partial charge in [0.1, 0.15) is 0 Å². The number of amides is 3. The van der Waals surface area contributed by atoms with Crippen LogP contribution >= 0.6 is 11.3 Å². The summed E-state index contributed by atoms with van der Waals surface area (Å²) < 4.78 is 0. The van der Waals surface area contributed by atoms with Crippen LogP contribution in [0, 0.1) is 0 Å². The van der Waals surface area contributed by atoms with Gasteiger partial charge >= 0.3 is 0 Å². The number of H-pyrrole nitrogens is 1. The van der Waals surface area contributed by atoms with Crippen LogP contribution in [-0.4, -0.2) is 27.7 Å². The van der Waals surface area contributed by atoms with Crippen LogP contribution in [0.4, 0.5) is 10.8 Å². The Labute approximate surface area is 169 Å². The van der Waals surface area contributed by atoms with Crippen LogP contribution in [0.15, 0.2) is 52.8 Å². The van der Waals surface area contributed by atoms with Crippen molar-refractivity contribution in [3.8, 4) is 0 Å². The number of nitrogens with one attached hydrogen (secondary N) is 3. The first kappa shape index (κ1) is 20.0. The number of nitrogens with zero attached hydrogens (tertiary/aromatic N) is 1. The highest BCUT2D eigenvalue weighted by Crippen LogP contribution is 2.18. The minimum absolute atomic E-state index is 0.143. The summed E-state index contributed by atoms with van der Waals surface area (Å²) in [4.78, 5) is 53.5. The van der Waals surface area contributed by atoms with Gasteiger partial charge in [0.15, 0.2) is 5.13 Å². The normalized spacial score (nSPS) is 10.3. The number of carbonyl (C=O) groups excluding carboxylic acids is 3. The Kier molecular flexibility index (Phi) is 6.15. The lowest BCUT2D eigenvalue weighted by Crippen LogP contribution is -2.18. The van der Waals surface area contributed by atoms with Crippen LogP contribution in [0.1, 0.15) is 32.8 Å². The molecule has 0 atom stereocenters. The van der Waals surface area contributed by atoms with Gasteiger partial charge in [-0.25, -0.2) is 4.98 Å². The minimum Gasteiger partial charge on any atom is -0.366 e. The van der Waals surface area contributed by atoms with Crippen molar-refractivity contribution >= 4 is 39.9 Å². The topological polar surface area (TPSA) is 147 Å². The fraction of sp³-hybridized carbons (Fsp3) is 0.105. The standard InChI is InChI=1S/C19H17N5O4S/c20-17(27)13-3-1-2-4-14(13)23-16(26)8-6-12-10-29-19(22-12)24-18(28)11-5-7-15(25)21-9-11/h1-5,7,9-10H,6,8H2,(H2,20,27)(H,21,25)(H,23,26)(H,22,24,28). The van der Waals surface area contributed by atoms with Crippen LogP contribution in [0.25, 0.3) is 0 Å². The number of para-hydroxylation sites is 1. The van der Waals surface area contributed by atoms with Crippen molar-refractivity contribution in [2.24, 2.45) is 5.73 Å². The molecule has 0 fully saturated rings. The number of aromatic nitrogens is 2. The molecule has 148 valence electrons. The minimum atomic E-state index is -0.622. The zero-order valence-corrected chi connectivity index (χ0v) is 15.9. The Morgan fingerprint density at radius 1 is 1.10 bits per heavy atom. The lowest BCUT2D eigenvalue weighted by molar-refractivity contribution is -0.116. The molecule has 3 aromatic rings. The number of hydrogen-bond donors (Lipinski definition) is 4. The van der Waals surface area contributed by atoms with E-state index in [2.05, 4.69) is 20.6 Å². The second-order valence-corrected chi connectivity index (χ2v) is 6.86. The number of primary amides is 1. The molecule has 3 rings (SSSR count). The van der Waals surface area contributed by atoms with Crippen molar-refractivity contribution in [1.29, 1.82) is 0 Å². The van der Waals surface area contributed by atoms with Crippen molar-refractivity contribution in [3.05, 3.63) is 75.1 Å². The summed E-state index contributed by atoms with van der Waals surface area (Å²) in [6.45, 7) is 0. The average Bonchev–Trinajstić information content (AvgIpc) is 3.14.